The van der Waals surface area contributed by atoms with Crippen LogP contribution >= 0.6 is 0 Å². The van der Waals surface area contributed by atoms with Crippen molar-refractivity contribution in [1.82, 2.24) is 0 Å². The molecule has 0 aliphatic carbocycles. The fourth-order valence-electron chi connectivity index (χ4n) is 3.70. The van der Waals surface area contributed by atoms with Gasteiger partial charge in [0.25, 0.3) is 0 Å². The van der Waals surface area contributed by atoms with Crippen molar-refractivity contribution in [2.45, 2.75) is 5.92 Å². The van der Waals surface area contributed by atoms with E-state index in [0.717, 1.165) is 22.4 Å². The Bertz CT molecular complexity index is 955. The number of rotatable bonds is 5. The summed E-state index contributed by atoms with van der Waals surface area (Å²) in [6.07, 6.45) is 0. The fraction of sp³-hybridized carbons (Fsp3) is 0.0370. The molecule has 0 saturated carbocycles. The first-order valence-corrected chi connectivity index (χ1v) is 9.55. The summed E-state index contributed by atoms with van der Waals surface area (Å²) in [5.41, 5.74) is 13.5. The van der Waals surface area contributed by atoms with E-state index in [0.29, 0.717) is 0 Å². The van der Waals surface area contributed by atoms with Gasteiger partial charge in [0.05, 0.1) is 0 Å². The Hall–Kier alpha value is -3.58. The average Bonchev–Trinajstić information content (AvgIpc) is 2.77. The molecule has 0 aliphatic rings. The van der Waals surface area contributed by atoms with Crippen molar-refractivity contribution in [1.29, 1.82) is 0 Å². The van der Waals surface area contributed by atoms with Gasteiger partial charge in [-0.05, 0) is 22.3 Å². The second-order valence-electron chi connectivity index (χ2n) is 6.82. The molecule has 28 heavy (non-hydrogen) atoms. The summed E-state index contributed by atoms with van der Waals surface area (Å²) >= 11 is 0. The predicted molar refractivity (Wildman–Crippen MR) is 118 cm³/mol. The highest BCUT2D eigenvalue weighted by atomic mass is 14.6. The molecule has 0 atom stereocenters. The molecule has 1 nitrogen and oxygen atoms in total. The molecule has 0 spiro atoms. The van der Waals surface area contributed by atoms with Crippen LogP contribution in [-0.2, 0) is 0 Å². The van der Waals surface area contributed by atoms with Crippen molar-refractivity contribution in [2.24, 2.45) is 5.73 Å². The highest BCUT2D eigenvalue weighted by Gasteiger charge is 2.21. The van der Waals surface area contributed by atoms with Crippen molar-refractivity contribution < 1.29 is 0 Å². The molecule has 0 bridgehead atoms. The number of hydrogen-bond acceptors (Lipinski definition) is 1. The van der Waals surface area contributed by atoms with Gasteiger partial charge in [-0.3, -0.25) is 0 Å². The van der Waals surface area contributed by atoms with Crippen LogP contribution in [0.4, 0.5) is 0 Å². The SMILES string of the molecule is NC(=C(c1ccccc1)c1ccccc1)C(c1ccccc1)c1ccccc1. The van der Waals surface area contributed by atoms with Gasteiger partial charge < -0.3 is 5.73 Å². The van der Waals surface area contributed by atoms with Crippen molar-refractivity contribution in [2.75, 3.05) is 0 Å². The molecule has 0 fully saturated rings. The van der Waals surface area contributed by atoms with Crippen molar-refractivity contribution in [3.05, 3.63) is 149 Å². The van der Waals surface area contributed by atoms with Crippen LogP contribution < -0.4 is 5.73 Å². The maximum Gasteiger partial charge on any atom is 0.0491 e. The molecule has 1 heteroatoms. The first kappa shape index (κ1) is 17.8. The van der Waals surface area contributed by atoms with Crippen LogP contribution in [0.1, 0.15) is 28.2 Å². The Morgan fingerprint density at radius 3 is 1.14 bits per heavy atom. The van der Waals surface area contributed by atoms with E-state index in [1.165, 1.54) is 11.1 Å². The minimum Gasteiger partial charge on any atom is -0.401 e. The molecule has 136 valence electrons. The zero-order chi connectivity index (χ0) is 19.2. The number of nitrogens with two attached hydrogens (primary N) is 1. The summed E-state index contributed by atoms with van der Waals surface area (Å²) in [5, 5.41) is 0. The molecular formula is C27H23N. The zero-order valence-corrected chi connectivity index (χ0v) is 15.7. The summed E-state index contributed by atoms with van der Waals surface area (Å²) in [7, 11) is 0. The van der Waals surface area contributed by atoms with Crippen LogP contribution in [-0.4, -0.2) is 0 Å². The third-order valence-corrected chi connectivity index (χ3v) is 4.99. The number of benzene rings is 4. The standard InChI is InChI=1S/C27H23N/c28-27(25(21-13-5-1-6-14-21)22-15-7-2-8-16-22)26(23-17-9-3-10-18-23)24-19-11-4-12-20-24/h1-20,25H,28H2. The van der Waals surface area contributed by atoms with Gasteiger partial charge in [-0.25, -0.2) is 0 Å². The first-order valence-electron chi connectivity index (χ1n) is 9.55. The third kappa shape index (κ3) is 3.74. The lowest BCUT2D eigenvalue weighted by molar-refractivity contribution is 0.931. The summed E-state index contributed by atoms with van der Waals surface area (Å²) in [6, 6.07) is 41.8. The maximum absolute atomic E-state index is 6.97. The Morgan fingerprint density at radius 1 is 0.464 bits per heavy atom. The van der Waals surface area contributed by atoms with E-state index in [1.807, 2.05) is 24.3 Å². The Balaban J connectivity index is 1.97. The van der Waals surface area contributed by atoms with Gasteiger partial charge in [0.1, 0.15) is 0 Å². The van der Waals surface area contributed by atoms with Crippen molar-refractivity contribution in [3.8, 4) is 0 Å². The van der Waals surface area contributed by atoms with Crippen molar-refractivity contribution in [3.63, 3.8) is 0 Å². The molecule has 0 heterocycles. The van der Waals surface area contributed by atoms with Gasteiger partial charge >= 0.3 is 0 Å². The van der Waals surface area contributed by atoms with Crippen molar-refractivity contribution >= 4 is 5.57 Å². The molecule has 0 amide bonds. The van der Waals surface area contributed by atoms with E-state index in [-0.39, 0.29) is 5.92 Å². The van der Waals surface area contributed by atoms with E-state index in [9.17, 15) is 0 Å². The summed E-state index contributed by atoms with van der Waals surface area (Å²) in [6.45, 7) is 0. The minimum atomic E-state index is -0.0159. The van der Waals surface area contributed by atoms with Crippen LogP contribution in [0.25, 0.3) is 5.57 Å². The van der Waals surface area contributed by atoms with Gasteiger partial charge in [-0.1, -0.05) is 121 Å². The normalized spacial score (nSPS) is 10.6. The molecular weight excluding hydrogens is 338 g/mol. The molecule has 2 N–H and O–H groups in total. The minimum absolute atomic E-state index is 0.0159. The Labute approximate surface area is 166 Å². The molecule has 4 rings (SSSR count). The Morgan fingerprint density at radius 2 is 0.786 bits per heavy atom. The fourth-order valence-corrected chi connectivity index (χ4v) is 3.70. The summed E-state index contributed by atoms with van der Waals surface area (Å²) < 4.78 is 0. The largest absolute Gasteiger partial charge is 0.401 e. The van der Waals surface area contributed by atoms with Crippen LogP contribution in [0.15, 0.2) is 127 Å². The maximum atomic E-state index is 6.97. The van der Waals surface area contributed by atoms with Gasteiger partial charge in [0.2, 0.25) is 0 Å². The topological polar surface area (TPSA) is 26.0 Å². The second-order valence-corrected chi connectivity index (χ2v) is 6.82. The average molecular weight is 361 g/mol. The summed E-state index contributed by atoms with van der Waals surface area (Å²) in [5.74, 6) is -0.0159. The third-order valence-electron chi connectivity index (χ3n) is 4.99. The van der Waals surface area contributed by atoms with E-state index in [4.69, 9.17) is 5.73 Å². The highest BCUT2D eigenvalue weighted by molar-refractivity contribution is 5.83. The van der Waals surface area contributed by atoms with Gasteiger partial charge in [-0.15, -0.1) is 0 Å². The van der Waals surface area contributed by atoms with E-state index < -0.39 is 0 Å². The van der Waals surface area contributed by atoms with Gasteiger partial charge in [0, 0.05) is 17.2 Å². The molecule has 0 unspecified atom stereocenters. The van der Waals surface area contributed by atoms with E-state index in [2.05, 4.69) is 97.1 Å². The predicted octanol–water partition coefficient (Wildman–Crippen LogP) is 6.24. The monoisotopic (exact) mass is 361 g/mol. The zero-order valence-electron chi connectivity index (χ0n) is 15.7. The van der Waals surface area contributed by atoms with Crippen LogP contribution in [0.5, 0.6) is 0 Å². The molecule has 0 aliphatic heterocycles. The van der Waals surface area contributed by atoms with Gasteiger partial charge in [-0.2, -0.15) is 0 Å². The molecule has 4 aromatic carbocycles. The molecule has 0 saturated heterocycles. The quantitative estimate of drug-likeness (QED) is 0.447. The smallest absolute Gasteiger partial charge is 0.0491 e. The highest BCUT2D eigenvalue weighted by Crippen LogP contribution is 2.36. The van der Waals surface area contributed by atoms with E-state index in [1.54, 1.807) is 0 Å². The number of hydrogen-bond donors (Lipinski definition) is 1. The van der Waals surface area contributed by atoms with Gasteiger partial charge in [0.15, 0.2) is 0 Å². The number of allylic oxidation sites excluding steroid dienone is 1. The van der Waals surface area contributed by atoms with Crippen LogP contribution in [0, 0.1) is 0 Å². The summed E-state index contributed by atoms with van der Waals surface area (Å²) in [4.78, 5) is 0. The first-order chi connectivity index (χ1) is 13.8. The lowest BCUT2D eigenvalue weighted by atomic mass is 9.83. The lowest BCUT2D eigenvalue weighted by Crippen LogP contribution is -2.15. The Kier molecular flexibility index (Phi) is 5.35. The molecule has 0 radical (unpaired) electrons. The van der Waals surface area contributed by atoms with E-state index >= 15 is 0 Å². The molecule has 4 aromatic rings. The molecule has 0 aromatic heterocycles. The second kappa shape index (κ2) is 8.41. The van der Waals surface area contributed by atoms with Crippen LogP contribution in [0.2, 0.25) is 0 Å². The van der Waals surface area contributed by atoms with Crippen LogP contribution in [0.3, 0.4) is 0 Å². The lowest BCUT2D eigenvalue weighted by Gasteiger charge is -2.23.